The SMILES string of the molecule is COCCCC(N)C(=O)Nc1ncc(C)s1. The third-order valence-corrected chi connectivity index (χ3v) is 2.88. The van der Waals surface area contributed by atoms with Gasteiger partial charge >= 0.3 is 0 Å². The predicted molar refractivity (Wildman–Crippen MR) is 64.6 cm³/mol. The first-order chi connectivity index (χ1) is 7.63. The second-order valence-corrected chi connectivity index (χ2v) is 4.74. The van der Waals surface area contributed by atoms with Crippen LogP contribution in [0, 0.1) is 6.92 Å². The second-order valence-electron chi connectivity index (χ2n) is 3.51. The summed E-state index contributed by atoms with van der Waals surface area (Å²) >= 11 is 1.44. The van der Waals surface area contributed by atoms with Crippen LogP contribution >= 0.6 is 11.3 Å². The molecule has 5 nitrogen and oxygen atoms in total. The van der Waals surface area contributed by atoms with Crippen molar-refractivity contribution in [1.82, 2.24) is 4.98 Å². The van der Waals surface area contributed by atoms with Gasteiger partial charge in [-0.1, -0.05) is 0 Å². The number of rotatable bonds is 6. The number of amides is 1. The second kappa shape index (κ2) is 6.57. The van der Waals surface area contributed by atoms with Crippen LogP contribution in [0.2, 0.25) is 0 Å². The van der Waals surface area contributed by atoms with E-state index >= 15 is 0 Å². The van der Waals surface area contributed by atoms with E-state index in [4.69, 9.17) is 10.5 Å². The average Bonchev–Trinajstić information content (AvgIpc) is 2.64. The molecule has 16 heavy (non-hydrogen) atoms. The number of nitrogens with zero attached hydrogens (tertiary/aromatic N) is 1. The van der Waals surface area contributed by atoms with E-state index in [0.29, 0.717) is 18.2 Å². The number of nitrogens with one attached hydrogen (secondary N) is 1. The molecule has 0 fully saturated rings. The van der Waals surface area contributed by atoms with Crippen molar-refractivity contribution in [3.8, 4) is 0 Å². The Balaban J connectivity index is 2.34. The lowest BCUT2D eigenvalue weighted by Crippen LogP contribution is -2.35. The van der Waals surface area contributed by atoms with Crippen molar-refractivity contribution in [1.29, 1.82) is 0 Å². The van der Waals surface area contributed by atoms with Crippen LogP contribution in [0.5, 0.6) is 0 Å². The Kier molecular flexibility index (Phi) is 5.37. The molecule has 0 aliphatic heterocycles. The Morgan fingerprint density at radius 2 is 2.50 bits per heavy atom. The molecule has 0 aromatic carbocycles. The van der Waals surface area contributed by atoms with Gasteiger partial charge in [0.25, 0.3) is 0 Å². The van der Waals surface area contributed by atoms with E-state index in [9.17, 15) is 4.79 Å². The smallest absolute Gasteiger partial charge is 0.243 e. The third kappa shape index (κ3) is 4.26. The van der Waals surface area contributed by atoms with E-state index in [0.717, 1.165) is 11.3 Å². The quantitative estimate of drug-likeness (QED) is 0.735. The normalized spacial score (nSPS) is 12.4. The van der Waals surface area contributed by atoms with Gasteiger partial charge in [-0.25, -0.2) is 4.98 Å². The minimum atomic E-state index is -0.501. The van der Waals surface area contributed by atoms with Gasteiger partial charge in [-0.15, -0.1) is 11.3 Å². The first-order valence-electron chi connectivity index (χ1n) is 5.11. The Bertz CT molecular complexity index is 341. The van der Waals surface area contributed by atoms with Crippen LogP contribution in [-0.4, -0.2) is 30.6 Å². The molecule has 1 aromatic heterocycles. The van der Waals surface area contributed by atoms with Gasteiger partial charge in [-0.2, -0.15) is 0 Å². The third-order valence-electron chi connectivity index (χ3n) is 2.05. The van der Waals surface area contributed by atoms with Crippen molar-refractivity contribution < 1.29 is 9.53 Å². The topological polar surface area (TPSA) is 77.2 Å². The molecule has 0 radical (unpaired) electrons. The summed E-state index contributed by atoms with van der Waals surface area (Å²) in [7, 11) is 1.63. The molecular formula is C10H17N3O2S. The van der Waals surface area contributed by atoms with Crippen molar-refractivity contribution in [3.05, 3.63) is 11.1 Å². The number of hydrogen-bond donors (Lipinski definition) is 2. The minimum absolute atomic E-state index is 0.189. The lowest BCUT2D eigenvalue weighted by molar-refractivity contribution is -0.117. The summed E-state index contributed by atoms with van der Waals surface area (Å²) in [6, 6.07) is -0.501. The lowest BCUT2D eigenvalue weighted by Gasteiger charge is -2.09. The van der Waals surface area contributed by atoms with Gasteiger partial charge in [0.15, 0.2) is 5.13 Å². The highest BCUT2D eigenvalue weighted by Gasteiger charge is 2.14. The van der Waals surface area contributed by atoms with Crippen LogP contribution in [0.3, 0.4) is 0 Å². The van der Waals surface area contributed by atoms with Crippen LogP contribution in [0.25, 0.3) is 0 Å². The van der Waals surface area contributed by atoms with Gasteiger partial charge in [0, 0.05) is 24.8 Å². The summed E-state index contributed by atoms with van der Waals surface area (Å²) in [4.78, 5) is 16.7. The Labute approximate surface area is 99.0 Å². The molecule has 1 amide bonds. The van der Waals surface area contributed by atoms with Crippen LogP contribution < -0.4 is 11.1 Å². The molecule has 0 saturated heterocycles. The fourth-order valence-corrected chi connectivity index (χ4v) is 1.86. The molecule has 0 aliphatic carbocycles. The molecule has 3 N–H and O–H groups in total. The molecule has 6 heteroatoms. The number of aromatic nitrogens is 1. The summed E-state index contributed by atoms with van der Waals surface area (Å²) in [6.07, 6.45) is 3.11. The highest BCUT2D eigenvalue weighted by molar-refractivity contribution is 7.15. The zero-order valence-electron chi connectivity index (χ0n) is 9.53. The molecule has 0 aliphatic rings. The van der Waals surface area contributed by atoms with E-state index in [-0.39, 0.29) is 5.91 Å². The molecule has 1 rings (SSSR count). The van der Waals surface area contributed by atoms with Crippen LogP contribution in [0.4, 0.5) is 5.13 Å². The molecular weight excluding hydrogens is 226 g/mol. The Morgan fingerprint density at radius 3 is 3.06 bits per heavy atom. The number of ether oxygens (including phenoxy) is 1. The Morgan fingerprint density at radius 1 is 1.75 bits per heavy atom. The van der Waals surface area contributed by atoms with Gasteiger partial charge < -0.3 is 15.8 Å². The molecule has 90 valence electrons. The van der Waals surface area contributed by atoms with Crippen molar-refractivity contribution in [2.45, 2.75) is 25.8 Å². The van der Waals surface area contributed by atoms with E-state index in [1.807, 2.05) is 6.92 Å². The van der Waals surface area contributed by atoms with Gasteiger partial charge in [-0.05, 0) is 19.8 Å². The fourth-order valence-electron chi connectivity index (χ4n) is 1.19. The number of anilines is 1. The molecule has 0 bridgehead atoms. The highest BCUT2D eigenvalue weighted by atomic mass is 32.1. The minimum Gasteiger partial charge on any atom is -0.385 e. The number of nitrogens with two attached hydrogens (primary N) is 1. The van der Waals surface area contributed by atoms with Crippen molar-refractivity contribution in [3.63, 3.8) is 0 Å². The fraction of sp³-hybridized carbons (Fsp3) is 0.600. The van der Waals surface area contributed by atoms with E-state index in [1.165, 1.54) is 11.3 Å². The molecule has 1 aromatic rings. The predicted octanol–water partition coefficient (Wildman–Crippen LogP) is 1.14. The standard InChI is InChI=1S/C10H17N3O2S/c1-7-6-12-10(16-7)13-9(14)8(11)4-3-5-15-2/h6,8H,3-5,11H2,1-2H3,(H,12,13,14). The van der Waals surface area contributed by atoms with Crippen LogP contribution in [0.1, 0.15) is 17.7 Å². The molecule has 0 spiro atoms. The van der Waals surface area contributed by atoms with E-state index in [1.54, 1.807) is 13.3 Å². The van der Waals surface area contributed by atoms with Gasteiger partial charge in [0.2, 0.25) is 5.91 Å². The first-order valence-corrected chi connectivity index (χ1v) is 5.93. The van der Waals surface area contributed by atoms with Gasteiger partial charge in [0.1, 0.15) is 0 Å². The summed E-state index contributed by atoms with van der Waals surface area (Å²) in [5.41, 5.74) is 5.72. The first kappa shape index (κ1) is 13.1. The molecule has 1 heterocycles. The number of aryl methyl sites for hydroxylation is 1. The number of carbonyl (C=O) groups is 1. The summed E-state index contributed by atoms with van der Waals surface area (Å²) in [5.74, 6) is -0.189. The van der Waals surface area contributed by atoms with Crippen LogP contribution in [0.15, 0.2) is 6.20 Å². The largest absolute Gasteiger partial charge is 0.385 e. The van der Waals surface area contributed by atoms with E-state index in [2.05, 4.69) is 10.3 Å². The summed E-state index contributed by atoms with van der Waals surface area (Å²) in [5, 5.41) is 3.29. The number of thiazole rings is 1. The zero-order chi connectivity index (χ0) is 12.0. The zero-order valence-corrected chi connectivity index (χ0v) is 10.3. The maximum absolute atomic E-state index is 11.6. The monoisotopic (exact) mass is 243 g/mol. The maximum atomic E-state index is 11.6. The van der Waals surface area contributed by atoms with Gasteiger partial charge in [-0.3, -0.25) is 4.79 Å². The highest BCUT2D eigenvalue weighted by Crippen LogP contribution is 2.16. The van der Waals surface area contributed by atoms with Gasteiger partial charge in [0.05, 0.1) is 6.04 Å². The van der Waals surface area contributed by atoms with E-state index < -0.39 is 6.04 Å². The summed E-state index contributed by atoms with van der Waals surface area (Å²) < 4.78 is 4.90. The summed E-state index contributed by atoms with van der Waals surface area (Å²) in [6.45, 7) is 2.56. The average molecular weight is 243 g/mol. The molecule has 1 unspecified atom stereocenters. The van der Waals surface area contributed by atoms with Crippen molar-refractivity contribution in [2.24, 2.45) is 5.73 Å². The van der Waals surface area contributed by atoms with Crippen molar-refractivity contribution in [2.75, 3.05) is 19.0 Å². The maximum Gasteiger partial charge on any atom is 0.243 e. The molecule has 0 saturated carbocycles. The van der Waals surface area contributed by atoms with Crippen molar-refractivity contribution >= 4 is 22.4 Å². The lowest BCUT2D eigenvalue weighted by atomic mass is 10.1. The van der Waals surface area contributed by atoms with Crippen LogP contribution in [-0.2, 0) is 9.53 Å². The number of methoxy groups -OCH3 is 1. The Hall–Kier alpha value is -0.980. The number of carbonyl (C=O) groups excluding carboxylic acids is 1. The number of hydrogen-bond acceptors (Lipinski definition) is 5. The molecule has 1 atom stereocenters.